The molecule has 0 saturated carbocycles. The number of halogens is 4. The van der Waals surface area contributed by atoms with E-state index in [1.165, 1.54) is 13.0 Å². The Labute approximate surface area is 134 Å². The van der Waals surface area contributed by atoms with E-state index >= 15 is 0 Å². The standard InChI is InChI=1S/C17H22ClF3O/c1-3-4-5-9-16(17(19,20)21)11(2)14(22)10-12-7-6-8-13(18)15(12)16/h6-8,11,14,22H,3-5,9-10H2,1-2H3. The number of unbranched alkanes of at least 4 members (excludes halogenated alkanes) is 2. The second-order valence-electron chi connectivity index (χ2n) is 6.26. The van der Waals surface area contributed by atoms with E-state index in [1.807, 2.05) is 6.92 Å². The molecule has 0 spiro atoms. The summed E-state index contributed by atoms with van der Waals surface area (Å²) in [4.78, 5) is 0. The summed E-state index contributed by atoms with van der Waals surface area (Å²) in [7, 11) is 0. The van der Waals surface area contributed by atoms with Crippen LogP contribution in [0.1, 0.15) is 50.7 Å². The predicted molar refractivity (Wildman–Crippen MR) is 82.2 cm³/mol. The summed E-state index contributed by atoms with van der Waals surface area (Å²) in [6.45, 7) is 3.46. The van der Waals surface area contributed by atoms with E-state index in [0.29, 0.717) is 12.0 Å². The zero-order chi connectivity index (χ0) is 16.5. The van der Waals surface area contributed by atoms with Crippen LogP contribution in [0.15, 0.2) is 18.2 Å². The monoisotopic (exact) mass is 334 g/mol. The Kier molecular flexibility index (Phi) is 5.13. The average molecular weight is 335 g/mol. The number of alkyl halides is 3. The molecule has 3 unspecified atom stereocenters. The third-order valence-corrected chi connectivity index (χ3v) is 5.33. The second-order valence-corrected chi connectivity index (χ2v) is 6.67. The summed E-state index contributed by atoms with van der Waals surface area (Å²) >= 11 is 6.18. The highest BCUT2D eigenvalue weighted by atomic mass is 35.5. The van der Waals surface area contributed by atoms with Gasteiger partial charge in [-0.25, -0.2) is 0 Å². The quantitative estimate of drug-likeness (QED) is 0.743. The van der Waals surface area contributed by atoms with Gasteiger partial charge in [-0.15, -0.1) is 0 Å². The van der Waals surface area contributed by atoms with Crippen LogP contribution in [-0.2, 0) is 11.8 Å². The Morgan fingerprint density at radius 2 is 2.00 bits per heavy atom. The molecule has 1 aliphatic rings. The summed E-state index contributed by atoms with van der Waals surface area (Å²) in [5.74, 6) is -0.906. The first-order valence-corrected chi connectivity index (χ1v) is 8.16. The molecule has 0 radical (unpaired) electrons. The van der Waals surface area contributed by atoms with Crippen LogP contribution in [0, 0.1) is 5.92 Å². The Hall–Kier alpha value is -0.740. The molecule has 0 aromatic heterocycles. The van der Waals surface area contributed by atoms with Gasteiger partial charge < -0.3 is 5.11 Å². The molecule has 2 rings (SSSR count). The van der Waals surface area contributed by atoms with Crippen molar-refractivity contribution in [3.05, 3.63) is 34.3 Å². The normalized spacial score (nSPS) is 28.5. The molecule has 0 heterocycles. The average Bonchev–Trinajstić information content (AvgIpc) is 2.42. The molecule has 124 valence electrons. The first kappa shape index (κ1) is 17.6. The molecular formula is C17H22ClF3O. The van der Waals surface area contributed by atoms with Crippen molar-refractivity contribution in [1.82, 2.24) is 0 Å². The van der Waals surface area contributed by atoms with Crippen LogP contribution in [0.2, 0.25) is 5.02 Å². The van der Waals surface area contributed by atoms with Crippen LogP contribution in [0.3, 0.4) is 0 Å². The molecule has 1 aromatic rings. The van der Waals surface area contributed by atoms with Gasteiger partial charge in [0.15, 0.2) is 0 Å². The highest BCUT2D eigenvalue weighted by molar-refractivity contribution is 6.31. The van der Waals surface area contributed by atoms with E-state index in [1.54, 1.807) is 12.1 Å². The summed E-state index contributed by atoms with van der Waals surface area (Å²) < 4.78 is 42.4. The van der Waals surface area contributed by atoms with Gasteiger partial charge in [0.2, 0.25) is 0 Å². The molecule has 1 nitrogen and oxygen atoms in total. The lowest BCUT2D eigenvalue weighted by atomic mass is 9.60. The fourth-order valence-corrected chi connectivity index (χ4v) is 4.11. The minimum Gasteiger partial charge on any atom is -0.392 e. The SMILES string of the molecule is CCCCCC1(C(F)(F)F)c2c(Cl)cccc2CC(O)C1C. The summed E-state index contributed by atoms with van der Waals surface area (Å²) in [6.07, 6.45) is -3.20. The van der Waals surface area contributed by atoms with Gasteiger partial charge in [0.1, 0.15) is 0 Å². The molecule has 3 atom stereocenters. The van der Waals surface area contributed by atoms with Gasteiger partial charge in [-0.1, -0.05) is 56.8 Å². The first-order chi connectivity index (χ1) is 10.3. The van der Waals surface area contributed by atoms with Crippen molar-refractivity contribution in [2.75, 3.05) is 0 Å². The van der Waals surface area contributed by atoms with Crippen molar-refractivity contribution in [3.8, 4) is 0 Å². The van der Waals surface area contributed by atoms with Gasteiger partial charge in [0, 0.05) is 10.9 Å². The Morgan fingerprint density at radius 1 is 1.32 bits per heavy atom. The Bertz CT molecular complexity index is 529. The number of aliphatic hydroxyl groups is 1. The lowest BCUT2D eigenvalue weighted by molar-refractivity contribution is -0.220. The van der Waals surface area contributed by atoms with E-state index in [0.717, 1.165) is 12.8 Å². The second kappa shape index (κ2) is 6.40. The highest BCUT2D eigenvalue weighted by Crippen LogP contribution is 2.56. The molecule has 1 aliphatic carbocycles. The van der Waals surface area contributed by atoms with Crippen molar-refractivity contribution in [2.45, 2.75) is 63.6 Å². The number of fused-ring (bicyclic) bond motifs is 1. The molecule has 1 aromatic carbocycles. The van der Waals surface area contributed by atoms with Crippen LogP contribution in [-0.4, -0.2) is 17.4 Å². The van der Waals surface area contributed by atoms with Crippen molar-refractivity contribution < 1.29 is 18.3 Å². The number of rotatable bonds is 4. The van der Waals surface area contributed by atoms with Crippen molar-refractivity contribution in [1.29, 1.82) is 0 Å². The first-order valence-electron chi connectivity index (χ1n) is 7.78. The number of benzene rings is 1. The van der Waals surface area contributed by atoms with Gasteiger partial charge in [-0.3, -0.25) is 0 Å². The van der Waals surface area contributed by atoms with Crippen LogP contribution in [0.25, 0.3) is 0 Å². The molecule has 22 heavy (non-hydrogen) atoms. The smallest absolute Gasteiger partial charge is 0.392 e. The van der Waals surface area contributed by atoms with Gasteiger partial charge in [0.25, 0.3) is 0 Å². The molecule has 0 aliphatic heterocycles. The largest absolute Gasteiger partial charge is 0.398 e. The maximum Gasteiger partial charge on any atom is 0.398 e. The fraction of sp³-hybridized carbons (Fsp3) is 0.647. The number of aliphatic hydroxyl groups excluding tert-OH is 1. The van der Waals surface area contributed by atoms with Crippen molar-refractivity contribution in [3.63, 3.8) is 0 Å². The zero-order valence-corrected chi connectivity index (χ0v) is 13.6. The maximum atomic E-state index is 14.1. The predicted octanol–water partition coefficient (Wildman–Crippen LogP) is 5.27. The van der Waals surface area contributed by atoms with E-state index in [9.17, 15) is 18.3 Å². The highest BCUT2D eigenvalue weighted by Gasteiger charge is 2.62. The molecule has 0 bridgehead atoms. The van der Waals surface area contributed by atoms with Crippen LogP contribution >= 0.6 is 11.6 Å². The molecule has 0 saturated heterocycles. The van der Waals surface area contributed by atoms with E-state index < -0.39 is 23.6 Å². The van der Waals surface area contributed by atoms with Crippen LogP contribution < -0.4 is 0 Å². The lowest BCUT2D eigenvalue weighted by Gasteiger charge is -2.48. The molecule has 5 heteroatoms. The topological polar surface area (TPSA) is 20.2 Å². The molecule has 0 amide bonds. The van der Waals surface area contributed by atoms with E-state index in [4.69, 9.17) is 11.6 Å². The molecular weight excluding hydrogens is 313 g/mol. The zero-order valence-electron chi connectivity index (χ0n) is 12.9. The van der Waals surface area contributed by atoms with Gasteiger partial charge >= 0.3 is 6.18 Å². The van der Waals surface area contributed by atoms with Gasteiger partial charge in [-0.05, 0) is 30.0 Å². The fourth-order valence-electron chi connectivity index (χ4n) is 3.74. The Balaban J connectivity index is 2.63. The van der Waals surface area contributed by atoms with Gasteiger partial charge in [0.05, 0.1) is 11.5 Å². The summed E-state index contributed by atoms with van der Waals surface area (Å²) in [6, 6.07) is 4.82. The van der Waals surface area contributed by atoms with E-state index in [2.05, 4.69) is 0 Å². The minimum absolute atomic E-state index is 0.0285. The van der Waals surface area contributed by atoms with Crippen LogP contribution in [0.5, 0.6) is 0 Å². The third-order valence-electron chi connectivity index (χ3n) is 5.01. The Morgan fingerprint density at radius 3 is 2.59 bits per heavy atom. The van der Waals surface area contributed by atoms with Crippen molar-refractivity contribution in [2.24, 2.45) is 5.92 Å². The lowest BCUT2D eigenvalue weighted by Crippen LogP contribution is -2.55. The summed E-state index contributed by atoms with van der Waals surface area (Å²) in [5, 5.41) is 10.4. The van der Waals surface area contributed by atoms with Crippen LogP contribution in [0.4, 0.5) is 13.2 Å². The van der Waals surface area contributed by atoms with E-state index in [-0.39, 0.29) is 23.4 Å². The molecule has 1 N–H and O–H groups in total. The van der Waals surface area contributed by atoms with Gasteiger partial charge in [-0.2, -0.15) is 13.2 Å². The minimum atomic E-state index is -4.44. The summed E-state index contributed by atoms with van der Waals surface area (Å²) in [5.41, 5.74) is -1.36. The molecule has 0 fully saturated rings. The maximum absolute atomic E-state index is 14.1. The number of hydrogen-bond acceptors (Lipinski definition) is 1. The third kappa shape index (κ3) is 2.76. The van der Waals surface area contributed by atoms with Crippen molar-refractivity contribution >= 4 is 11.6 Å². The number of hydrogen-bond donors (Lipinski definition) is 1.